The van der Waals surface area contributed by atoms with Gasteiger partial charge in [0.1, 0.15) is 6.61 Å². The third-order valence-corrected chi connectivity index (χ3v) is 8.84. The van der Waals surface area contributed by atoms with Crippen LogP contribution in [0.25, 0.3) is 0 Å². The standard InChI is InChI=1S/C37H42F6N2O5/c1-4-5-18-48-24-34(44-27(3)46)16-17-35(30-14-10-7-11-15-30,45(23-34)33(47)49-22-28-12-8-6-9-13-28)25-50-26(2)29-19-31(36(38,39)40)21-32(20-29)37(41,42)43/h6-15,19-21,26H,4-5,16-18,22-25H2,1-3H3,(H,44,46)/t26-,34?,35-/m1/s1. The lowest BCUT2D eigenvalue weighted by molar-refractivity contribution is -0.143. The molecule has 0 spiro atoms. The van der Waals surface area contributed by atoms with Gasteiger partial charge >= 0.3 is 18.4 Å². The Balaban J connectivity index is 1.75. The molecule has 50 heavy (non-hydrogen) atoms. The highest BCUT2D eigenvalue weighted by molar-refractivity contribution is 5.75. The highest BCUT2D eigenvalue weighted by Crippen LogP contribution is 2.44. The first-order valence-electron chi connectivity index (χ1n) is 16.4. The van der Waals surface area contributed by atoms with Crippen LogP contribution in [0.3, 0.4) is 0 Å². The van der Waals surface area contributed by atoms with Crippen LogP contribution in [-0.2, 0) is 43.5 Å². The van der Waals surface area contributed by atoms with Gasteiger partial charge in [-0.05, 0) is 61.1 Å². The molecule has 1 unspecified atom stereocenters. The smallest absolute Gasteiger partial charge is 0.416 e. The molecule has 0 aromatic heterocycles. The highest BCUT2D eigenvalue weighted by atomic mass is 19.4. The fraction of sp³-hybridized carbons (Fsp3) is 0.459. The third kappa shape index (κ3) is 9.78. The summed E-state index contributed by atoms with van der Waals surface area (Å²) in [5.41, 5.74) is -4.26. The van der Waals surface area contributed by atoms with Gasteiger partial charge in [-0.15, -0.1) is 0 Å². The molecule has 1 aliphatic heterocycles. The minimum atomic E-state index is -5.03. The van der Waals surface area contributed by atoms with Crippen molar-refractivity contribution in [1.29, 1.82) is 0 Å². The van der Waals surface area contributed by atoms with Crippen molar-refractivity contribution in [3.8, 4) is 0 Å². The number of carbonyl (C=O) groups excluding carboxylic acids is 2. The predicted octanol–water partition coefficient (Wildman–Crippen LogP) is 8.82. The summed E-state index contributed by atoms with van der Waals surface area (Å²) in [5, 5.41) is 2.98. The second kappa shape index (κ2) is 16.3. The molecule has 3 atom stereocenters. The molecule has 0 radical (unpaired) electrons. The summed E-state index contributed by atoms with van der Waals surface area (Å²) in [5.74, 6) is -0.344. The van der Waals surface area contributed by atoms with Gasteiger partial charge in [0.15, 0.2) is 0 Å². The predicted molar refractivity (Wildman–Crippen MR) is 174 cm³/mol. The van der Waals surface area contributed by atoms with Crippen LogP contribution in [0.15, 0.2) is 78.9 Å². The Kier molecular flexibility index (Phi) is 12.6. The number of halogens is 6. The van der Waals surface area contributed by atoms with Gasteiger partial charge in [0.2, 0.25) is 5.91 Å². The van der Waals surface area contributed by atoms with E-state index in [4.69, 9.17) is 14.2 Å². The van der Waals surface area contributed by atoms with Crippen molar-refractivity contribution in [3.63, 3.8) is 0 Å². The minimum Gasteiger partial charge on any atom is -0.445 e. The zero-order valence-electron chi connectivity index (χ0n) is 28.2. The first-order valence-corrected chi connectivity index (χ1v) is 16.4. The molecule has 3 aromatic carbocycles. The maximum absolute atomic E-state index is 14.2. The molecule has 1 heterocycles. The lowest BCUT2D eigenvalue weighted by atomic mass is 9.74. The third-order valence-electron chi connectivity index (χ3n) is 8.84. The number of unbranched alkanes of at least 4 members (excludes halogenated alkanes) is 1. The van der Waals surface area contributed by atoms with Crippen LogP contribution < -0.4 is 5.32 Å². The van der Waals surface area contributed by atoms with E-state index in [0.29, 0.717) is 36.3 Å². The number of amides is 2. The summed E-state index contributed by atoms with van der Waals surface area (Å²) >= 11 is 0. The SMILES string of the molecule is CCCCOCC1(NC(C)=O)CC[C@@](CO[C@H](C)c2cc(C(F)(F)F)cc(C(F)(F)F)c2)(c2ccccc2)N(C(=O)OCc2ccccc2)C1. The van der Waals surface area contributed by atoms with E-state index < -0.39 is 46.8 Å². The minimum absolute atomic E-state index is 0.0669. The average Bonchev–Trinajstić information content (AvgIpc) is 3.08. The van der Waals surface area contributed by atoms with Gasteiger partial charge in [-0.3, -0.25) is 9.69 Å². The van der Waals surface area contributed by atoms with E-state index in [1.165, 1.54) is 18.7 Å². The highest BCUT2D eigenvalue weighted by Gasteiger charge is 2.52. The Morgan fingerprint density at radius 1 is 0.880 bits per heavy atom. The Morgan fingerprint density at radius 3 is 2.04 bits per heavy atom. The number of piperidine rings is 1. The molecule has 13 heteroatoms. The summed E-state index contributed by atoms with van der Waals surface area (Å²) < 4.78 is 100. The summed E-state index contributed by atoms with van der Waals surface area (Å²) in [7, 11) is 0. The van der Waals surface area contributed by atoms with Gasteiger partial charge in [-0.2, -0.15) is 26.3 Å². The Hall–Kier alpha value is -4.10. The average molecular weight is 709 g/mol. The summed E-state index contributed by atoms with van der Waals surface area (Å²) in [6.07, 6.45) is -9.92. The molecular formula is C37H42F6N2O5. The molecule has 4 rings (SSSR count). The van der Waals surface area contributed by atoms with Crippen molar-refractivity contribution < 1.29 is 50.1 Å². The summed E-state index contributed by atoms with van der Waals surface area (Å²) in [6.45, 7) is 4.76. The number of likely N-dealkylation sites (tertiary alicyclic amines) is 1. The zero-order chi connectivity index (χ0) is 36.6. The van der Waals surface area contributed by atoms with E-state index in [9.17, 15) is 35.9 Å². The summed E-state index contributed by atoms with van der Waals surface area (Å²) in [6, 6.07) is 19.1. The second-order valence-corrected chi connectivity index (χ2v) is 12.7. The zero-order valence-corrected chi connectivity index (χ0v) is 28.2. The molecule has 272 valence electrons. The van der Waals surface area contributed by atoms with Crippen LogP contribution in [-0.4, -0.2) is 48.8 Å². The number of alkyl halides is 6. The number of benzene rings is 3. The Labute approximate surface area is 287 Å². The largest absolute Gasteiger partial charge is 0.445 e. The molecule has 1 saturated heterocycles. The van der Waals surface area contributed by atoms with Gasteiger partial charge < -0.3 is 19.5 Å². The van der Waals surface area contributed by atoms with Gasteiger partial charge in [0.05, 0.1) is 48.1 Å². The molecule has 1 aliphatic rings. The topological polar surface area (TPSA) is 77.1 Å². The van der Waals surface area contributed by atoms with Crippen LogP contribution in [0, 0.1) is 0 Å². The lowest BCUT2D eigenvalue weighted by Crippen LogP contribution is -2.68. The first-order chi connectivity index (χ1) is 23.6. The molecule has 0 bridgehead atoms. The van der Waals surface area contributed by atoms with Gasteiger partial charge in [0, 0.05) is 13.5 Å². The van der Waals surface area contributed by atoms with Crippen molar-refractivity contribution in [2.45, 2.75) is 82.6 Å². The fourth-order valence-corrected chi connectivity index (χ4v) is 6.15. The van der Waals surface area contributed by atoms with E-state index in [1.807, 2.05) is 13.0 Å². The van der Waals surface area contributed by atoms with Gasteiger partial charge in [0.25, 0.3) is 0 Å². The van der Waals surface area contributed by atoms with Crippen LogP contribution in [0.2, 0.25) is 0 Å². The number of nitrogens with one attached hydrogen (secondary N) is 1. The molecule has 1 N–H and O–H groups in total. The molecule has 7 nitrogen and oxygen atoms in total. The molecular weight excluding hydrogens is 666 g/mol. The first kappa shape index (κ1) is 38.7. The lowest BCUT2D eigenvalue weighted by Gasteiger charge is -2.53. The van der Waals surface area contributed by atoms with Crippen molar-refractivity contribution in [3.05, 3.63) is 107 Å². The van der Waals surface area contributed by atoms with E-state index in [2.05, 4.69) is 5.32 Å². The number of nitrogens with zero attached hydrogens (tertiary/aromatic N) is 1. The quantitative estimate of drug-likeness (QED) is 0.142. The summed E-state index contributed by atoms with van der Waals surface area (Å²) in [4.78, 5) is 28.1. The van der Waals surface area contributed by atoms with Crippen LogP contribution in [0.4, 0.5) is 31.1 Å². The van der Waals surface area contributed by atoms with Crippen LogP contribution in [0.1, 0.15) is 80.4 Å². The van der Waals surface area contributed by atoms with E-state index in [0.717, 1.165) is 12.8 Å². The second-order valence-electron chi connectivity index (χ2n) is 12.7. The van der Waals surface area contributed by atoms with E-state index in [1.54, 1.807) is 54.6 Å². The van der Waals surface area contributed by atoms with Crippen molar-refractivity contribution in [2.24, 2.45) is 0 Å². The van der Waals surface area contributed by atoms with E-state index >= 15 is 0 Å². The maximum atomic E-state index is 14.2. The Morgan fingerprint density at radius 2 is 1.48 bits per heavy atom. The Bertz CT molecular complexity index is 1540. The molecule has 0 aliphatic carbocycles. The number of rotatable bonds is 13. The van der Waals surface area contributed by atoms with Gasteiger partial charge in [-0.25, -0.2) is 4.79 Å². The van der Waals surface area contributed by atoms with Crippen molar-refractivity contribution in [2.75, 3.05) is 26.4 Å². The number of ether oxygens (including phenoxy) is 3. The van der Waals surface area contributed by atoms with Crippen LogP contribution in [0.5, 0.6) is 0 Å². The number of hydrogen-bond donors (Lipinski definition) is 1. The fourth-order valence-electron chi connectivity index (χ4n) is 6.15. The monoisotopic (exact) mass is 708 g/mol. The van der Waals surface area contributed by atoms with E-state index in [-0.39, 0.29) is 50.3 Å². The molecule has 1 fully saturated rings. The van der Waals surface area contributed by atoms with Crippen molar-refractivity contribution in [1.82, 2.24) is 10.2 Å². The van der Waals surface area contributed by atoms with Crippen molar-refractivity contribution >= 4 is 12.0 Å². The maximum Gasteiger partial charge on any atom is 0.416 e. The van der Waals surface area contributed by atoms with Gasteiger partial charge in [-0.1, -0.05) is 74.0 Å². The van der Waals surface area contributed by atoms with Crippen LogP contribution >= 0.6 is 0 Å². The number of carbonyl (C=O) groups is 2. The molecule has 0 saturated carbocycles. The molecule has 2 amide bonds. The number of hydrogen-bond acceptors (Lipinski definition) is 5. The normalized spacial score (nSPS) is 20.3. The molecule has 3 aromatic rings.